The SMILES string of the molecule is CSCc1cccc(C(=O)N[C@H](C)C(=O)OC(C)(C)C)c1. The van der Waals surface area contributed by atoms with Crippen molar-refractivity contribution >= 4 is 23.6 Å². The minimum Gasteiger partial charge on any atom is -0.458 e. The van der Waals surface area contributed by atoms with Gasteiger partial charge in [-0.2, -0.15) is 11.8 Å². The number of esters is 1. The third-order valence-corrected chi connectivity index (χ3v) is 3.23. The van der Waals surface area contributed by atoms with Crippen LogP contribution in [0.3, 0.4) is 0 Å². The third kappa shape index (κ3) is 6.21. The average molecular weight is 309 g/mol. The Hall–Kier alpha value is -1.49. The molecule has 1 rings (SSSR count). The molecule has 1 aromatic rings. The van der Waals surface area contributed by atoms with Gasteiger partial charge in [-0.15, -0.1) is 0 Å². The normalized spacial score (nSPS) is 12.6. The van der Waals surface area contributed by atoms with Crippen LogP contribution in [-0.4, -0.2) is 29.8 Å². The lowest BCUT2D eigenvalue weighted by molar-refractivity contribution is -0.156. The van der Waals surface area contributed by atoms with Crippen LogP contribution in [0.2, 0.25) is 0 Å². The van der Waals surface area contributed by atoms with Crippen molar-refractivity contribution in [3.05, 3.63) is 35.4 Å². The van der Waals surface area contributed by atoms with Crippen LogP contribution in [0.5, 0.6) is 0 Å². The summed E-state index contributed by atoms with van der Waals surface area (Å²) in [6.45, 7) is 7.01. The lowest BCUT2D eigenvalue weighted by Gasteiger charge is -2.22. The highest BCUT2D eigenvalue weighted by molar-refractivity contribution is 7.97. The molecule has 1 N–H and O–H groups in total. The van der Waals surface area contributed by atoms with E-state index in [1.807, 2.05) is 24.5 Å². The number of nitrogens with one attached hydrogen (secondary N) is 1. The molecule has 0 heterocycles. The molecule has 21 heavy (non-hydrogen) atoms. The maximum atomic E-state index is 12.2. The van der Waals surface area contributed by atoms with Crippen molar-refractivity contribution in [3.8, 4) is 0 Å². The van der Waals surface area contributed by atoms with Gasteiger partial charge in [0.15, 0.2) is 0 Å². The summed E-state index contributed by atoms with van der Waals surface area (Å²) >= 11 is 1.69. The first-order chi connectivity index (χ1) is 9.73. The van der Waals surface area contributed by atoms with Gasteiger partial charge in [0, 0.05) is 11.3 Å². The molecule has 0 aliphatic rings. The Kier molecular flexibility index (Phi) is 6.27. The molecule has 0 aromatic heterocycles. The molecule has 5 heteroatoms. The van der Waals surface area contributed by atoms with Gasteiger partial charge < -0.3 is 10.1 Å². The van der Waals surface area contributed by atoms with Crippen molar-refractivity contribution in [1.29, 1.82) is 0 Å². The van der Waals surface area contributed by atoms with Gasteiger partial charge in [-0.3, -0.25) is 4.79 Å². The molecule has 0 bridgehead atoms. The van der Waals surface area contributed by atoms with Gasteiger partial charge >= 0.3 is 5.97 Å². The van der Waals surface area contributed by atoms with Crippen LogP contribution in [0.25, 0.3) is 0 Å². The Balaban J connectivity index is 2.68. The van der Waals surface area contributed by atoms with Gasteiger partial charge in [-0.1, -0.05) is 12.1 Å². The molecule has 0 fully saturated rings. The van der Waals surface area contributed by atoms with Crippen molar-refractivity contribution in [2.24, 2.45) is 0 Å². The molecule has 0 spiro atoms. The number of carbonyl (C=O) groups excluding carboxylic acids is 2. The Labute approximate surface area is 130 Å². The fourth-order valence-corrected chi connectivity index (χ4v) is 2.21. The van der Waals surface area contributed by atoms with Crippen molar-refractivity contribution in [2.45, 2.75) is 45.1 Å². The smallest absolute Gasteiger partial charge is 0.328 e. The van der Waals surface area contributed by atoms with E-state index in [2.05, 4.69) is 5.32 Å². The zero-order chi connectivity index (χ0) is 16.0. The van der Waals surface area contributed by atoms with Crippen LogP contribution in [0.1, 0.15) is 43.6 Å². The molecule has 0 saturated carbocycles. The highest BCUT2D eigenvalue weighted by Gasteiger charge is 2.23. The van der Waals surface area contributed by atoms with E-state index in [1.54, 1.807) is 45.5 Å². The first kappa shape index (κ1) is 17.6. The summed E-state index contributed by atoms with van der Waals surface area (Å²) < 4.78 is 5.24. The van der Waals surface area contributed by atoms with Gasteiger partial charge in [-0.25, -0.2) is 4.79 Å². The first-order valence-corrected chi connectivity index (χ1v) is 8.24. The van der Waals surface area contributed by atoms with E-state index in [1.165, 1.54) is 0 Å². The van der Waals surface area contributed by atoms with Crippen LogP contribution in [0, 0.1) is 0 Å². The number of hydrogen-bond donors (Lipinski definition) is 1. The van der Waals surface area contributed by atoms with Crippen molar-refractivity contribution < 1.29 is 14.3 Å². The zero-order valence-electron chi connectivity index (χ0n) is 13.2. The third-order valence-electron chi connectivity index (χ3n) is 2.61. The molecule has 1 atom stereocenters. The molecule has 0 aliphatic heterocycles. The zero-order valence-corrected chi connectivity index (χ0v) is 14.0. The Morgan fingerprint density at radius 1 is 1.33 bits per heavy atom. The summed E-state index contributed by atoms with van der Waals surface area (Å²) in [5.74, 6) is 0.148. The van der Waals surface area contributed by atoms with E-state index >= 15 is 0 Å². The topological polar surface area (TPSA) is 55.4 Å². The highest BCUT2D eigenvalue weighted by atomic mass is 32.2. The molecule has 0 saturated heterocycles. The summed E-state index contributed by atoms with van der Waals surface area (Å²) in [5.41, 5.74) is 1.07. The maximum Gasteiger partial charge on any atom is 0.328 e. The summed E-state index contributed by atoms with van der Waals surface area (Å²) in [7, 11) is 0. The molecular weight excluding hydrogens is 286 g/mol. The lowest BCUT2D eigenvalue weighted by Crippen LogP contribution is -2.42. The monoisotopic (exact) mass is 309 g/mol. The summed E-state index contributed by atoms with van der Waals surface area (Å²) in [5, 5.41) is 2.67. The second-order valence-corrected chi connectivity index (χ2v) is 6.73. The quantitative estimate of drug-likeness (QED) is 0.850. The van der Waals surface area contributed by atoms with Crippen LogP contribution < -0.4 is 5.32 Å². The molecule has 0 radical (unpaired) electrons. The Morgan fingerprint density at radius 3 is 2.57 bits per heavy atom. The van der Waals surface area contributed by atoms with Gasteiger partial charge in [0.2, 0.25) is 0 Å². The maximum absolute atomic E-state index is 12.2. The van der Waals surface area contributed by atoms with Gasteiger partial charge in [0.25, 0.3) is 5.91 Å². The number of ether oxygens (including phenoxy) is 1. The molecule has 1 amide bonds. The van der Waals surface area contributed by atoms with Crippen LogP contribution in [0.4, 0.5) is 0 Å². The number of amides is 1. The van der Waals surface area contributed by atoms with E-state index in [4.69, 9.17) is 4.74 Å². The van der Waals surface area contributed by atoms with Crippen molar-refractivity contribution in [1.82, 2.24) is 5.32 Å². The standard InChI is InChI=1S/C16H23NO3S/c1-11(15(19)20-16(2,3)4)17-14(18)13-8-6-7-12(9-13)10-21-5/h6-9,11H,10H2,1-5H3,(H,17,18)/t11-/m1/s1. The largest absolute Gasteiger partial charge is 0.458 e. The molecule has 0 unspecified atom stereocenters. The van der Waals surface area contributed by atoms with Crippen molar-refractivity contribution in [3.63, 3.8) is 0 Å². The van der Waals surface area contributed by atoms with E-state index in [0.717, 1.165) is 11.3 Å². The van der Waals surface area contributed by atoms with E-state index in [0.29, 0.717) is 5.56 Å². The van der Waals surface area contributed by atoms with Crippen LogP contribution in [0.15, 0.2) is 24.3 Å². The average Bonchev–Trinajstić information content (AvgIpc) is 2.37. The van der Waals surface area contributed by atoms with Crippen LogP contribution >= 0.6 is 11.8 Å². The summed E-state index contributed by atoms with van der Waals surface area (Å²) in [6.07, 6.45) is 2.01. The second-order valence-electron chi connectivity index (χ2n) is 5.86. The predicted octanol–water partition coefficient (Wildman–Crippen LogP) is 3.01. The number of hydrogen-bond acceptors (Lipinski definition) is 4. The Morgan fingerprint density at radius 2 is 2.00 bits per heavy atom. The molecule has 1 aromatic carbocycles. The minimum absolute atomic E-state index is 0.267. The molecule has 0 aliphatic carbocycles. The number of carbonyl (C=O) groups is 2. The fraction of sp³-hybridized carbons (Fsp3) is 0.500. The minimum atomic E-state index is -0.680. The van der Waals surface area contributed by atoms with Gasteiger partial charge in [0.1, 0.15) is 11.6 Å². The summed E-state index contributed by atoms with van der Waals surface area (Å²) in [4.78, 5) is 24.0. The van der Waals surface area contributed by atoms with E-state index in [9.17, 15) is 9.59 Å². The van der Waals surface area contributed by atoms with E-state index < -0.39 is 17.6 Å². The van der Waals surface area contributed by atoms with Crippen LogP contribution in [-0.2, 0) is 15.3 Å². The van der Waals surface area contributed by atoms with Crippen molar-refractivity contribution in [2.75, 3.05) is 6.26 Å². The summed E-state index contributed by atoms with van der Waals surface area (Å²) in [6, 6.07) is 6.72. The lowest BCUT2D eigenvalue weighted by atomic mass is 10.1. The molecule has 116 valence electrons. The number of benzene rings is 1. The molecular formula is C16H23NO3S. The first-order valence-electron chi connectivity index (χ1n) is 6.84. The number of rotatable bonds is 5. The Bertz CT molecular complexity index is 508. The predicted molar refractivity (Wildman–Crippen MR) is 86.4 cm³/mol. The molecule has 4 nitrogen and oxygen atoms in total. The number of thioether (sulfide) groups is 1. The fourth-order valence-electron chi connectivity index (χ4n) is 1.70. The highest BCUT2D eigenvalue weighted by Crippen LogP contribution is 2.12. The van der Waals surface area contributed by atoms with Gasteiger partial charge in [0.05, 0.1) is 0 Å². The second kappa shape index (κ2) is 7.50. The van der Waals surface area contributed by atoms with Gasteiger partial charge in [-0.05, 0) is 51.6 Å². The van der Waals surface area contributed by atoms with E-state index in [-0.39, 0.29) is 5.91 Å².